The number of pyridine rings is 1. The van der Waals surface area contributed by atoms with Crippen molar-refractivity contribution < 1.29 is 4.79 Å². The highest BCUT2D eigenvalue weighted by molar-refractivity contribution is 5.93. The van der Waals surface area contributed by atoms with Gasteiger partial charge >= 0.3 is 0 Å². The number of hydrogen-bond acceptors (Lipinski definition) is 4. The lowest BCUT2D eigenvalue weighted by Gasteiger charge is -2.32. The number of carbonyl (C=O) groups is 1. The number of piperidine rings is 1. The van der Waals surface area contributed by atoms with Gasteiger partial charge in [-0.3, -0.25) is 20.6 Å². The van der Waals surface area contributed by atoms with Crippen LogP contribution in [0.1, 0.15) is 68.6 Å². The molecule has 0 atom stereocenters. The smallest absolute Gasteiger partial charge is 0.255 e. The second-order valence-corrected chi connectivity index (χ2v) is 6.65. The summed E-state index contributed by atoms with van der Waals surface area (Å²) in [7, 11) is 0. The van der Waals surface area contributed by atoms with Gasteiger partial charge in [0, 0.05) is 38.1 Å². The zero-order chi connectivity index (χ0) is 17.0. The Bertz CT molecular complexity index is 458. The number of carbonyl (C=O) groups excluding carboxylic acids is 1. The summed E-state index contributed by atoms with van der Waals surface area (Å²) < 4.78 is 0. The molecule has 0 bridgehead atoms. The normalized spacial score (nSPS) is 15.6. The number of hydrogen-bond donors (Lipinski definition) is 2. The van der Waals surface area contributed by atoms with E-state index in [1.165, 1.54) is 38.5 Å². The van der Waals surface area contributed by atoms with Crippen molar-refractivity contribution in [2.24, 2.45) is 0 Å². The third-order valence-corrected chi connectivity index (χ3v) is 4.65. The molecule has 1 aliphatic heterocycles. The molecule has 1 aliphatic rings. The predicted molar refractivity (Wildman–Crippen MR) is 97.7 cm³/mol. The Hall–Kier alpha value is -1.46. The summed E-state index contributed by atoms with van der Waals surface area (Å²) in [6.45, 7) is 4.90. The SMILES string of the molecule is CCCCCCCCNNC1CCN(C(=O)c2cccnc2)CC1. The number of nitrogens with zero attached hydrogens (tertiary/aromatic N) is 2. The van der Waals surface area contributed by atoms with Gasteiger partial charge in [-0.1, -0.05) is 39.0 Å². The standard InChI is InChI=1S/C19H32N4O/c1-2-3-4-5-6-7-13-21-22-18-10-14-23(15-11-18)19(24)17-9-8-12-20-16-17/h8-9,12,16,18,21-22H,2-7,10-11,13-15H2,1H3. The zero-order valence-electron chi connectivity index (χ0n) is 15.0. The van der Waals surface area contributed by atoms with E-state index in [9.17, 15) is 4.79 Å². The van der Waals surface area contributed by atoms with Crippen molar-refractivity contribution in [2.45, 2.75) is 64.3 Å². The molecule has 1 saturated heterocycles. The maximum Gasteiger partial charge on any atom is 0.255 e. The van der Waals surface area contributed by atoms with E-state index < -0.39 is 0 Å². The van der Waals surface area contributed by atoms with Gasteiger partial charge < -0.3 is 4.90 Å². The third kappa shape index (κ3) is 6.57. The van der Waals surface area contributed by atoms with Crippen molar-refractivity contribution in [3.63, 3.8) is 0 Å². The molecule has 0 aliphatic carbocycles. The van der Waals surface area contributed by atoms with Crippen molar-refractivity contribution in [1.82, 2.24) is 20.7 Å². The fourth-order valence-corrected chi connectivity index (χ4v) is 3.11. The Kier molecular flexibility index (Phi) is 8.77. The number of likely N-dealkylation sites (tertiary alicyclic amines) is 1. The molecule has 5 heteroatoms. The van der Waals surface area contributed by atoms with Crippen LogP contribution in [0.2, 0.25) is 0 Å². The van der Waals surface area contributed by atoms with Crippen LogP contribution in [0, 0.1) is 0 Å². The monoisotopic (exact) mass is 332 g/mol. The maximum absolute atomic E-state index is 12.4. The molecule has 24 heavy (non-hydrogen) atoms. The van der Waals surface area contributed by atoms with Gasteiger partial charge in [0.2, 0.25) is 0 Å². The molecule has 0 aromatic carbocycles. The molecule has 2 N–H and O–H groups in total. The molecule has 0 saturated carbocycles. The summed E-state index contributed by atoms with van der Waals surface area (Å²) in [5.74, 6) is 0.0987. The second kappa shape index (κ2) is 11.2. The van der Waals surface area contributed by atoms with Crippen LogP contribution in [0.5, 0.6) is 0 Å². The lowest BCUT2D eigenvalue weighted by molar-refractivity contribution is 0.0700. The number of rotatable bonds is 10. The van der Waals surface area contributed by atoms with E-state index in [-0.39, 0.29) is 5.91 Å². The van der Waals surface area contributed by atoms with E-state index in [0.29, 0.717) is 11.6 Å². The molecular weight excluding hydrogens is 300 g/mol. The highest BCUT2D eigenvalue weighted by Crippen LogP contribution is 2.13. The number of unbranched alkanes of at least 4 members (excludes halogenated alkanes) is 5. The first-order valence-electron chi connectivity index (χ1n) is 9.49. The first-order chi connectivity index (χ1) is 11.8. The maximum atomic E-state index is 12.4. The van der Waals surface area contributed by atoms with Crippen LogP contribution in [0.15, 0.2) is 24.5 Å². The Balaban J connectivity index is 1.54. The predicted octanol–water partition coefficient (Wildman–Crippen LogP) is 3.14. The van der Waals surface area contributed by atoms with Gasteiger partial charge in [-0.2, -0.15) is 0 Å². The van der Waals surface area contributed by atoms with E-state index in [1.54, 1.807) is 12.4 Å². The molecular formula is C19H32N4O. The van der Waals surface area contributed by atoms with Gasteiger partial charge in [-0.15, -0.1) is 0 Å². The minimum atomic E-state index is 0.0987. The fourth-order valence-electron chi connectivity index (χ4n) is 3.11. The molecule has 1 aromatic rings. The van der Waals surface area contributed by atoms with Crippen LogP contribution in [0.4, 0.5) is 0 Å². The van der Waals surface area contributed by atoms with Crippen molar-refractivity contribution in [3.05, 3.63) is 30.1 Å². The Morgan fingerprint density at radius 3 is 2.67 bits per heavy atom. The van der Waals surface area contributed by atoms with Gasteiger partial charge in [0.15, 0.2) is 0 Å². The molecule has 1 fully saturated rings. The lowest BCUT2D eigenvalue weighted by atomic mass is 10.0. The summed E-state index contributed by atoms with van der Waals surface area (Å²) in [6, 6.07) is 4.11. The van der Waals surface area contributed by atoms with Gasteiger partial charge in [0.05, 0.1) is 5.56 Å². The summed E-state index contributed by atoms with van der Waals surface area (Å²) in [5.41, 5.74) is 7.47. The van der Waals surface area contributed by atoms with Gasteiger partial charge in [0.25, 0.3) is 5.91 Å². The van der Waals surface area contributed by atoms with Crippen LogP contribution in [0.25, 0.3) is 0 Å². The summed E-state index contributed by atoms with van der Waals surface area (Å²) in [6.07, 6.45) is 13.3. The molecule has 0 unspecified atom stereocenters. The van der Waals surface area contributed by atoms with Crippen LogP contribution in [-0.4, -0.2) is 41.5 Å². The zero-order valence-corrected chi connectivity index (χ0v) is 15.0. The van der Waals surface area contributed by atoms with Crippen molar-refractivity contribution >= 4 is 5.91 Å². The van der Waals surface area contributed by atoms with Crippen LogP contribution in [0.3, 0.4) is 0 Å². The minimum absolute atomic E-state index is 0.0987. The Morgan fingerprint density at radius 2 is 1.96 bits per heavy atom. The van der Waals surface area contributed by atoms with E-state index in [1.807, 2.05) is 17.0 Å². The second-order valence-electron chi connectivity index (χ2n) is 6.65. The minimum Gasteiger partial charge on any atom is -0.338 e. The largest absolute Gasteiger partial charge is 0.338 e. The van der Waals surface area contributed by atoms with Crippen molar-refractivity contribution in [1.29, 1.82) is 0 Å². The van der Waals surface area contributed by atoms with Crippen LogP contribution >= 0.6 is 0 Å². The van der Waals surface area contributed by atoms with Crippen molar-refractivity contribution in [3.8, 4) is 0 Å². The topological polar surface area (TPSA) is 57.3 Å². The first-order valence-corrected chi connectivity index (χ1v) is 9.49. The quantitative estimate of drug-likeness (QED) is 0.510. The molecule has 0 spiro atoms. The van der Waals surface area contributed by atoms with Gasteiger partial charge in [-0.25, -0.2) is 0 Å². The highest BCUT2D eigenvalue weighted by atomic mass is 16.2. The molecule has 1 amide bonds. The van der Waals surface area contributed by atoms with Crippen LogP contribution < -0.4 is 10.9 Å². The van der Waals surface area contributed by atoms with E-state index >= 15 is 0 Å². The average Bonchev–Trinajstić information content (AvgIpc) is 2.64. The third-order valence-electron chi connectivity index (χ3n) is 4.65. The summed E-state index contributed by atoms with van der Waals surface area (Å²) >= 11 is 0. The summed E-state index contributed by atoms with van der Waals surface area (Å²) in [4.78, 5) is 18.3. The van der Waals surface area contributed by atoms with E-state index in [4.69, 9.17) is 0 Å². The molecule has 5 nitrogen and oxygen atoms in total. The van der Waals surface area contributed by atoms with Gasteiger partial charge in [-0.05, 0) is 31.4 Å². The molecule has 2 rings (SSSR count). The lowest BCUT2D eigenvalue weighted by Crippen LogP contribution is -2.49. The van der Waals surface area contributed by atoms with Crippen molar-refractivity contribution in [2.75, 3.05) is 19.6 Å². The average molecular weight is 332 g/mol. The number of hydrazine groups is 1. The molecule has 134 valence electrons. The van der Waals surface area contributed by atoms with E-state index in [0.717, 1.165) is 32.5 Å². The first kappa shape index (κ1) is 18.9. The van der Waals surface area contributed by atoms with E-state index in [2.05, 4.69) is 22.8 Å². The Labute approximate surface area is 146 Å². The molecule has 1 aromatic heterocycles. The van der Waals surface area contributed by atoms with Gasteiger partial charge in [0.1, 0.15) is 0 Å². The fraction of sp³-hybridized carbons (Fsp3) is 0.684. The molecule has 2 heterocycles. The summed E-state index contributed by atoms with van der Waals surface area (Å²) in [5, 5.41) is 0. The number of aromatic nitrogens is 1. The number of amides is 1. The Morgan fingerprint density at radius 1 is 1.21 bits per heavy atom. The number of nitrogens with one attached hydrogen (secondary N) is 2. The van der Waals surface area contributed by atoms with Crippen LogP contribution in [-0.2, 0) is 0 Å². The highest BCUT2D eigenvalue weighted by Gasteiger charge is 2.23. The molecule has 0 radical (unpaired) electrons.